The third-order valence-corrected chi connectivity index (χ3v) is 4.54. The first-order valence-corrected chi connectivity index (χ1v) is 7.77. The molecule has 0 unspecified atom stereocenters. The van der Waals surface area contributed by atoms with E-state index < -0.39 is 10.0 Å². The van der Waals surface area contributed by atoms with E-state index in [0.29, 0.717) is 11.3 Å². The molecule has 0 spiro atoms. The largest absolute Gasteiger partial charge is 0.389 e. The van der Waals surface area contributed by atoms with E-state index in [1.807, 2.05) is 0 Å². The fraction of sp³-hybridized carbons (Fsp3) is 0. The van der Waals surface area contributed by atoms with E-state index in [4.69, 9.17) is 18.0 Å². The highest BCUT2D eigenvalue weighted by Gasteiger charge is 2.14. The van der Waals surface area contributed by atoms with E-state index in [1.165, 1.54) is 23.5 Å². The van der Waals surface area contributed by atoms with Gasteiger partial charge in [-0.3, -0.25) is 4.72 Å². The molecule has 1 aromatic carbocycles. The third-order valence-electron chi connectivity index (χ3n) is 2.22. The molecule has 2 rings (SSSR count). The Morgan fingerprint density at radius 2 is 1.89 bits per heavy atom. The number of benzene rings is 1. The number of hydrogen-bond acceptors (Lipinski definition) is 4. The standard InChI is InChI=1S/C11H10N2O2S3/c12-11(16)8-1-3-10(4-2-8)18(14,15)13-9-5-6-17-7-9/h1-7,13H,(H2,12,16). The SMILES string of the molecule is NC(=S)c1ccc(S(=O)(=O)Nc2ccsc2)cc1. The molecular weight excluding hydrogens is 288 g/mol. The van der Waals surface area contributed by atoms with Crippen LogP contribution in [0.25, 0.3) is 0 Å². The number of thiocarbonyl (C=S) groups is 1. The first-order chi connectivity index (χ1) is 8.49. The van der Waals surface area contributed by atoms with E-state index in [9.17, 15) is 8.42 Å². The first-order valence-electron chi connectivity index (χ1n) is 4.94. The van der Waals surface area contributed by atoms with Crippen LogP contribution in [-0.2, 0) is 10.0 Å². The second-order valence-electron chi connectivity index (χ2n) is 3.51. The first kappa shape index (κ1) is 13.0. The topological polar surface area (TPSA) is 72.2 Å². The van der Waals surface area contributed by atoms with Crippen LogP contribution in [-0.4, -0.2) is 13.4 Å². The predicted molar refractivity (Wildman–Crippen MR) is 77.5 cm³/mol. The fourth-order valence-corrected chi connectivity index (χ4v) is 3.18. The molecule has 1 heterocycles. The Morgan fingerprint density at radius 1 is 1.22 bits per heavy atom. The molecule has 18 heavy (non-hydrogen) atoms. The molecule has 0 fully saturated rings. The minimum Gasteiger partial charge on any atom is -0.389 e. The molecule has 0 saturated carbocycles. The zero-order valence-corrected chi connectivity index (χ0v) is 11.6. The Kier molecular flexibility index (Phi) is 3.65. The molecule has 0 amide bonds. The summed E-state index contributed by atoms with van der Waals surface area (Å²) in [6.45, 7) is 0. The molecular formula is C11H10N2O2S3. The number of thiophene rings is 1. The Morgan fingerprint density at radius 3 is 2.39 bits per heavy atom. The summed E-state index contributed by atoms with van der Waals surface area (Å²) in [6, 6.07) is 7.83. The molecule has 1 aromatic heterocycles. The van der Waals surface area contributed by atoms with Crippen LogP contribution in [0, 0.1) is 0 Å². The minimum atomic E-state index is -3.55. The van der Waals surface area contributed by atoms with Gasteiger partial charge in [-0.15, -0.1) is 0 Å². The van der Waals surface area contributed by atoms with Gasteiger partial charge < -0.3 is 5.73 Å². The normalized spacial score (nSPS) is 11.1. The maximum absolute atomic E-state index is 12.0. The molecule has 94 valence electrons. The molecule has 7 heteroatoms. The van der Waals surface area contributed by atoms with Gasteiger partial charge in [-0.1, -0.05) is 24.4 Å². The van der Waals surface area contributed by atoms with Crippen molar-refractivity contribution in [3.63, 3.8) is 0 Å². The van der Waals surface area contributed by atoms with Gasteiger partial charge in [0.15, 0.2) is 0 Å². The average molecular weight is 298 g/mol. The van der Waals surface area contributed by atoms with Crippen LogP contribution in [0.3, 0.4) is 0 Å². The Bertz CT molecular complexity index is 646. The van der Waals surface area contributed by atoms with E-state index in [1.54, 1.807) is 29.0 Å². The van der Waals surface area contributed by atoms with Crippen molar-refractivity contribution in [2.75, 3.05) is 4.72 Å². The van der Waals surface area contributed by atoms with E-state index in [-0.39, 0.29) is 9.88 Å². The molecule has 3 N–H and O–H groups in total. The van der Waals surface area contributed by atoms with Crippen LogP contribution >= 0.6 is 23.6 Å². The summed E-state index contributed by atoms with van der Waals surface area (Å²) in [5.41, 5.74) is 6.64. The maximum atomic E-state index is 12.0. The van der Waals surface area contributed by atoms with Gasteiger partial charge in [0.25, 0.3) is 10.0 Å². The average Bonchev–Trinajstić information content (AvgIpc) is 2.81. The zero-order valence-electron chi connectivity index (χ0n) is 9.16. The predicted octanol–water partition coefficient (Wildman–Crippen LogP) is 2.18. The van der Waals surface area contributed by atoms with E-state index in [2.05, 4.69) is 4.72 Å². The van der Waals surface area contributed by atoms with Crippen molar-refractivity contribution in [1.82, 2.24) is 0 Å². The number of rotatable bonds is 4. The fourth-order valence-electron chi connectivity index (χ4n) is 1.33. The number of sulfonamides is 1. The van der Waals surface area contributed by atoms with Gasteiger partial charge in [0.1, 0.15) is 4.99 Å². The molecule has 0 aliphatic rings. The van der Waals surface area contributed by atoms with Gasteiger partial charge in [-0.2, -0.15) is 11.3 Å². The molecule has 0 aliphatic heterocycles. The summed E-state index contributed by atoms with van der Waals surface area (Å²) < 4.78 is 26.5. The molecule has 0 atom stereocenters. The monoisotopic (exact) mass is 298 g/mol. The van der Waals surface area contributed by atoms with E-state index >= 15 is 0 Å². The van der Waals surface area contributed by atoms with Crippen molar-refractivity contribution >= 4 is 44.3 Å². The number of anilines is 1. The van der Waals surface area contributed by atoms with Gasteiger partial charge in [-0.25, -0.2) is 8.42 Å². The van der Waals surface area contributed by atoms with Crippen LogP contribution < -0.4 is 10.5 Å². The highest BCUT2D eigenvalue weighted by atomic mass is 32.2. The van der Waals surface area contributed by atoms with Crippen molar-refractivity contribution < 1.29 is 8.42 Å². The van der Waals surface area contributed by atoms with Crippen LogP contribution in [0.5, 0.6) is 0 Å². The molecule has 4 nitrogen and oxygen atoms in total. The van der Waals surface area contributed by atoms with Gasteiger partial charge in [-0.05, 0) is 23.6 Å². The van der Waals surface area contributed by atoms with Crippen LogP contribution in [0.15, 0.2) is 46.0 Å². The Labute approximate surface area is 115 Å². The molecule has 0 aliphatic carbocycles. The highest BCUT2D eigenvalue weighted by Crippen LogP contribution is 2.18. The summed E-state index contributed by atoms with van der Waals surface area (Å²) in [6.07, 6.45) is 0. The lowest BCUT2D eigenvalue weighted by Gasteiger charge is -2.06. The smallest absolute Gasteiger partial charge is 0.261 e. The summed E-state index contributed by atoms with van der Waals surface area (Å²) in [5, 5.41) is 3.52. The van der Waals surface area contributed by atoms with Crippen molar-refractivity contribution in [3.05, 3.63) is 46.7 Å². The minimum absolute atomic E-state index is 0.175. The number of nitrogens with one attached hydrogen (secondary N) is 1. The maximum Gasteiger partial charge on any atom is 0.261 e. The Hall–Kier alpha value is -1.44. The van der Waals surface area contributed by atoms with Crippen molar-refractivity contribution in [1.29, 1.82) is 0 Å². The molecule has 2 aromatic rings. The highest BCUT2D eigenvalue weighted by molar-refractivity contribution is 7.92. The second kappa shape index (κ2) is 5.05. The number of hydrogen-bond donors (Lipinski definition) is 2. The van der Waals surface area contributed by atoms with Crippen LogP contribution in [0.2, 0.25) is 0 Å². The van der Waals surface area contributed by atoms with Crippen LogP contribution in [0.1, 0.15) is 5.56 Å². The summed E-state index contributed by atoms with van der Waals surface area (Å²) in [7, 11) is -3.55. The van der Waals surface area contributed by atoms with Gasteiger partial charge in [0.05, 0.1) is 10.6 Å². The summed E-state index contributed by atoms with van der Waals surface area (Å²) >= 11 is 6.23. The van der Waals surface area contributed by atoms with Gasteiger partial charge in [0.2, 0.25) is 0 Å². The summed E-state index contributed by atoms with van der Waals surface area (Å²) in [5.74, 6) is 0. The van der Waals surface area contributed by atoms with E-state index in [0.717, 1.165) is 0 Å². The molecule has 0 bridgehead atoms. The quantitative estimate of drug-likeness (QED) is 0.849. The van der Waals surface area contributed by atoms with Crippen molar-refractivity contribution in [3.8, 4) is 0 Å². The third kappa shape index (κ3) is 2.87. The lowest BCUT2D eigenvalue weighted by atomic mass is 10.2. The Balaban J connectivity index is 2.27. The molecule has 0 saturated heterocycles. The zero-order chi connectivity index (χ0) is 13.2. The molecule has 0 radical (unpaired) electrons. The summed E-state index contributed by atoms with van der Waals surface area (Å²) in [4.78, 5) is 0.415. The second-order valence-corrected chi connectivity index (χ2v) is 6.41. The van der Waals surface area contributed by atoms with Crippen LogP contribution in [0.4, 0.5) is 5.69 Å². The lowest BCUT2D eigenvalue weighted by Crippen LogP contribution is -2.13. The number of nitrogens with two attached hydrogens (primary N) is 1. The van der Waals surface area contributed by atoms with Gasteiger partial charge in [0, 0.05) is 10.9 Å². The lowest BCUT2D eigenvalue weighted by molar-refractivity contribution is 0.601. The van der Waals surface area contributed by atoms with Crippen molar-refractivity contribution in [2.24, 2.45) is 5.73 Å². The van der Waals surface area contributed by atoms with Gasteiger partial charge >= 0.3 is 0 Å². The van der Waals surface area contributed by atoms with Crippen molar-refractivity contribution in [2.45, 2.75) is 4.90 Å².